The van der Waals surface area contributed by atoms with Gasteiger partial charge in [-0.05, 0) is 25.0 Å². The number of nitrogens with one attached hydrogen (secondary N) is 1. The van der Waals surface area contributed by atoms with Crippen LogP contribution in [0.5, 0.6) is 0 Å². The van der Waals surface area contributed by atoms with Crippen molar-refractivity contribution in [3.8, 4) is 0 Å². The second kappa shape index (κ2) is 5.98. The van der Waals surface area contributed by atoms with Crippen molar-refractivity contribution in [3.63, 3.8) is 0 Å². The maximum atomic E-state index is 11.7. The Morgan fingerprint density at radius 2 is 2.18 bits per heavy atom. The van der Waals surface area contributed by atoms with E-state index in [1.807, 2.05) is 13.0 Å². The monoisotopic (exact) mass is 236 g/mol. The minimum atomic E-state index is -0.861. The zero-order valence-corrected chi connectivity index (χ0v) is 9.93. The molecule has 1 amide bonds. The molecule has 0 aliphatic heterocycles. The van der Waals surface area contributed by atoms with Crippen molar-refractivity contribution >= 4 is 11.9 Å². The zero-order chi connectivity index (χ0) is 12.8. The Bertz CT molecular complexity index is 418. The number of hydrogen-bond acceptors (Lipinski definition) is 3. The summed E-state index contributed by atoms with van der Waals surface area (Å²) < 4.78 is 0. The van der Waals surface area contributed by atoms with Crippen molar-refractivity contribution in [1.82, 2.24) is 10.3 Å². The maximum absolute atomic E-state index is 11.7. The molecule has 1 atom stereocenters. The molecule has 1 unspecified atom stereocenters. The van der Waals surface area contributed by atoms with Crippen LogP contribution in [-0.4, -0.2) is 28.5 Å². The van der Waals surface area contributed by atoms with Crippen molar-refractivity contribution in [2.24, 2.45) is 5.92 Å². The van der Waals surface area contributed by atoms with Gasteiger partial charge in [-0.1, -0.05) is 13.0 Å². The fourth-order valence-corrected chi connectivity index (χ4v) is 1.40. The molecule has 0 saturated heterocycles. The van der Waals surface area contributed by atoms with Crippen LogP contribution < -0.4 is 5.32 Å². The maximum Gasteiger partial charge on any atom is 0.303 e. The number of carboxylic acids is 1. The first-order valence-electron chi connectivity index (χ1n) is 5.42. The molecule has 5 nitrogen and oxygen atoms in total. The van der Waals surface area contributed by atoms with Gasteiger partial charge in [0, 0.05) is 18.7 Å². The Morgan fingerprint density at radius 1 is 1.47 bits per heavy atom. The molecule has 5 heteroatoms. The van der Waals surface area contributed by atoms with E-state index in [4.69, 9.17) is 5.11 Å². The number of pyridine rings is 1. The van der Waals surface area contributed by atoms with Crippen LogP contribution in [0.3, 0.4) is 0 Å². The lowest BCUT2D eigenvalue weighted by atomic mass is 10.1. The number of aliphatic carboxylic acids is 1. The minimum Gasteiger partial charge on any atom is -0.481 e. The molecule has 0 spiro atoms. The average molecular weight is 236 g/mol. The van der Waals surface area contributed by atoms with Crippen LogP contribution in [-0.2, 0) is 4.79 Å². The van der Waals surface area contributed by atoms with Gasteiger partial charge < -0.3 is 10.4 Å². The summed E-state index contributed by atoms with van der Waals surface area (Å²) in [7, 11) is 0. The summed E-state index contributed by atoms with van der Waals surface area (Å²) in [5.74, 6) is -1.23. The van der Waals surface area contributed by atoms with Gasteiger partial charge in [0.05, 0.1) is 0 Å². The van der Waals surface area contributed by atoms with E-state index in [2.05, 4.69) is 10.3 Å². The van der Waals surface area contributed by atoms with E-state index >= 15 is 0 Å². The summed E-state index contributed by atoms with van der Waals surface area (Å²) in [6.07, 6.45) is 0.0432. The first kappa shape index (κ1) is 13.2. The van der Waals surface area contributed by atoms with Crippen LogP contribution in [0, 0.1) is 12.8 Å². The van der Waals surface area contributed by atoms with Crippen LogP contribution in [0.25, 0.3) is 0 Å². The summed E-state index contributed by atoms with van der Waals surface area (Å²) in [5.41, 5.74) is 1.13. The Labute approximate surface area is 99.9 Å². The van der Waals surface area contributed by atoms with Crippen molar-refractivity contribution in [1.29, 1.82) is 0 Å². The van der Waals surface area contributed by atoms with Crippen molar-refractivity contribution < 1.29 is 14.7 Å². The van der Waals surface area contributed by atoms with E-state index in [0.29, 0.717) is 12.2 Å². The second-order valence-corrected chi connectivity index (χ2v) is 4.08. The van der Waals surface area contributed by atoms with E-state index in [9.17, 15) is 9.59 Å². The average Bonchev–Trinajstić information content (AvgIpc) is 2.25. The van der Waals surface area contributed by atoms with Gasteiger partial charge in [0.15, 0.2) is 0 Å². The van der Waals surface area contributed by atoms with Gasteiger partial charge in [-0.15, -0.1) is 0 Å². The molecule has 0 fully saturated rings. The number of aryl methyl sites for hydroxylation is 1. The van der Waals surface area contributed by atoms with Gasteiger partial charge in [-0.3, -0.25) is 9.59 Å². The molecule has 2 N–H and O–H groups in total. The van der Waals surface area contributed by atoms with Crippen LogP contribution in [0.4, 0.5) is 0 Å². The van der Waals surface area contributed by atoms with Gasteiger partial charge in [0.25, 0.3) is 5.91 Å². The molecular weight excluding hydrogens is 220 g/mol. The molecule has 1 rings (SSSR count). The molecule has 1 aromatic heterocycles. The number of carbonyl (C=O) groups is 2. The lowest BCUT2D eigenvalue weighted by Gasteiger charge is -2.10. The molecular formula is C12H16N2O3. The van der Waals surface area contributed by atoms with E-state index < -0.39 is 5.97 Å². The molecule has 0 radical (unpaired) electrons. The van der Waals surface area contributed by atoms with Crippen LogP contribution in [0.1, 0.15) is 29.5 Å². The quantitative estimate of drug-likeness (QED) is 0.805. The van der Waals surface area contributed by atoms with Gasteiger partial charge in [-0.2, -0.15) is 0 Å². The molecule has 0 saturated carbocycles. The number of carboxylic acid groups (broad SMARTS) is 1. The van der Waals surface area contributed by atoms with E-state index in [-0.39, 0.29) is 18.2 Å². The summed E-state index contributed by atoms with van der Waals surface area (Å²) in [6.45, 7) is 3.92. The van der Waals surface area contributed by atoms with Gasteiger partial charge in [0.1, 0.15) is 5.69 Å². The molecule has 0 aliphatic carbocycles. The summed E-state index contributed by atoms with van der Waals surface area (Å²) in [4.78, 5) is 26.2. The summed E-state index contributed by atoms with van der Waals surface area (Å²) in [5, 5.41) is 11.2. The Balaban J connectivity index is 2.47. The fourth-order valence-electron chi connectivity index (χ4n) is 1.40. The molecule has 92 valence electrons. The smallest absolute Gasteiger partial charge is 0.303 e. The molecule has 0 aromatic carbocycles. The second-order valence-electron chi connectivity index (χ2n) is 4.08. The first-order valence-corrected chi connectivity index (χ1v) is 5.42. The number of aromatic nitrogens is 1. The van der Waals surface area contributed by atoms with E-state index in [0.717, 1.165) is 5.69 Å². The van der Waals surface area contributed by atoms with Crippen LogP contribution in [0.2, 0.25) is 0 Å². The highest BCUT2D eigenvalue weighted by molar-refractivity contribution is 5.92. The fraction of sp³-hybridized carbons (Fsp3) is 0.417. The minimum absolute atomic E-state index is 0.0432. The highest BCUT2D eigenvalue weighted by atomic mass is 16.4. The lowest BCUT2D eigenvalue weighted by Crippen LogP contribution is -2.29. The van der Waals surface area contributed by atoms with E-state index in [1.54, 1.807) is 19.1 Å². The van der Waals surface area contributed by atoms with Crippen molar-refractivity contribution in [3.05, 3.63) is 29.6 Å². The predicted molar refractivity (Wildman–Crippen MR) is 62.7 cm³/mol. The van der Waals surface area contributed by atoms with Crippen LogP contribution >= 0.6 is 0 Å². The summed E-state index contributed by atoms with van der Waals surface area (Å²) in [6, 6.07) is 5.20. The number of nitrogens with zero attached hydrogens (tertiary/aromatic N) is 1. The molecule has 0 bridgehead atoms. The molecule has 1 aromatic rings. The Hall–Kier alpha value is -1.91. The summed E-state index contributed by atoms with van der Waals surface area (Å²) >= 11 is 0. The largest absolute Gasteiger partial charge is 0.481 e. The molecule has 17 heavy (non-hydrogen) atoms. The number of amides is 1. The first-order chi connectivity index (χ1) is 7.99. The van der Waals surface area contributed by atoms with E-state index in [1.165, 1.54) is 0 Å². The SMILES string of the molecule is Cc1cccc(C(=O)NCC(C)CC(=O)O)n1. The highest BCUT2D eigenvalue weighted by Crippen LogP contribution is 2.01. The number of carbonyl (C=O) groups excluding carboxylic acids is 1. The lowest BCUT2D eigenvalue weighted by molar-refractivity contribution is -0.137. The third-order valence-corrected chi connectivity index (χ3v) is 2.26. The highest BCUT2D eigenvalue weighted by Gasteiger charge is 2.11. The topological polar surface area (TPSA) is 79.3 Å². The van der Waals surface area contributed by atoms with Crippen molar-refractivity contribution in [2.45, 2.75) is 20.3 Å². The molecule has 0 aliphatic rings. The van der Waals surface area contributed by atoms with Crippen molar-refractivity contribution in [2.75, 3.05) is 6.54 Å². The molecule has 1 heterocycles. The normalized spacial score (nSPS) is 11.9. The van der Waals surface area contributed by atoms with Gasteiger partial charge in [-0.25, -0.2) is 4.98 Å². The standard InChI is InChI=1S/C12H16N2O3/c1-8(6-11(15)16)7-13-12(17)10-5-3-4-9(2)14-10/h3-5,8H,6-7H2,1-2H3,(H,13,17)(H,15,16). The Morgan fingerprint density at radius 3 is 2.76 bits per heavy atom. The number of rotatable bonds is 5. The number of hydrogen-bond donors (Lipinski definition) is 2. The van der Waals surface area contributed by atoms with Gasteiger partial charge >= 0.3 is 5.97 Å². The zero-order valence-electron chi connectivity index (χ0n) is 9.93. The third kappa shape index (κ3) is 4.63. The predicted octanol–water partition coefficient (Wildman–Crippen LogP) is 1.23. The third-order valence-electron chi connectivity index (χ3n) is 2.26. The van der Waals surface area contributed by atoms with Crippen LogP contribution in [0.15, 0.2) is 18.2 Å². The Kier molecular flexibility index (Phi) is 4.63. The van der Waals surface area contributed by atoms with Gasteiger partial charge in [0.2, 0.25) is 0 Å².